The first-order valence-corrected chi connectivity index (χ1v) is 5.13. The van der Waals surface area contributed by atoms with E-state index in [0.29, 0.717) is 16.3 Å². The molecule has 0 spiro atoms. The Labute approximate surface area is 98.7 Å². The third-order valence-electron chi connectivity index (χ3n) is 2.06. The number of nitriles is 1. The maximum atomic E-state index is 8.83. The molecule has 0 saturated carbocycles. The van der Waals surface area contributed by atoms with Crippen molar-refractivity contribution in [1.29, 1.82) is 5.26 Å². The van der Waals surface area contributed by atoms with Crippen LogP contribution in [0.5, 0.6) is 5.75 Å². The molecule has 0 unspecified atom stereocenters. The van der Waals surface area contributed by atoms with Gasteiger partial charge in [-0.15, -0.1) is 0 Å². The quantitative estimate of drug-likeness (QED) is 0.812. The molecule has 5 heteroatoms. The number of nitrogens with zero attached hydrogens (tertiary/aromatic N) is 1. The van der Waals surface area contributed by atoms with Crippen LogP contribution in [0.15, 0.2) is 18.2 Å². The van der Waals surface area contributed by atoms with Crippen molar-refractivity contribution < 1.29 is 14.9 Å². The Bertz CT molecular complexity index is 385. The third-order valence-corrected chi connectivity index (χ3v) is 2.38. The van der Waals surface area contributed by atoms with Crippen molar-refractivity contribution in [2.75, 3.05) is 19.8 Å². The number of ether oxygens (including phenoxy) is 1. The summed E-state index contributed by atoms with van der Waals surface area (Å²) in [7, 11) is 0. The molecule has 4 nitrogen and oxygen atoms in total. The van der Waals surface area contributed by atoms with Gasteiger partial charge in [-0.1, -0.05) is 11.6 Å². The van der Waals surface area contributed by atoms with Crippen molar-refractivity contribution in [2.45, 2.75) is 0 Å². The van der Waals surface area contributed by atoms with Gasteiger partial charge < -0.3 is 14.9 Å². The number of aliphatic hydroxyl groups excluding tert-OH is 2. The van der Waals surface area contributed by atoms with Crippen LogP contribution in [0.1, 0.15) is 5.56 Å². The number of rotatable bonds is 5. The van der Waals surface area contributed by atoms with Crippen LogP contribution in [0.4, 0.5) is 0 Å². The van der Waals surface area contributed by atoms with Gasteiger partial charge in [-0.2, -0.15) is 5.26 Å². The largest absolute Gasteiger partial charge is 0.493 e. The molecule has 0 aromatic heterocycles. The zero-order valence-electron chi connectivity index (χ0n) is 8.56. The fourth-order valence-electron chi connectivity index (χ4n) is 1.05. The molecule has 2 N–H and O–H groups in total. The Kier molecular flexibility index (Phi) is 5.06. The second-order valence-electron chi connectivity index (χ2n) is 3.30. The van der Waals surface area contributed by atoms with Crippen LogP contribution < -0.4 is 4.74 Å². The number of halogens is 1. The van der Waals surface area contributed by atoms with Crippen LogP contribution in [0.25, 0.3) is 0 Å². The molecule has 0 heterocycles. The van der Waals surface area contributed by atoms with Crippen LogP contribution in [0, 0.1) is 17.2 Å². The summed E-state index contributed by atoms with van der Waals surface area (Å²) in [5.41, 5.74) is 0.384. The molecule has 0 saturated heterocycles. The van der Waals surface area contributed by atoms with E-state index in [1.807, 2.05) is 6.07 Å². The predicted molar refractivity (Wildman–Crippen MR) is 59.3 cm³/mol. The lowest BCUT2D eigenvalue weighted by molar-refractivity contribution is 0.106. The third kappa shape index (κ3) is 3.38. The highest BCUT2D eigenvalue weighted by Crippen LogP contribution is 2.22. The summed E-state index contributed by atoms with van der Waals surface area (Å²) in [5.74, 6) is 0.199. The smallest absolute Gasteiger partial charge is 0.120 e. The van der Waals surface area contributed by atoms with Gasteiger partial charge in [-0.3, -0.25) is 0 Å². The summed E-state index contributed by atoms with van der Waals surface area (Å²) in [4.78, 5) is 0. The number of benzene rings is 1. The average molecular weight is 242 g/mol. The number of hydrogen-bond acceptors (Lipinski definition) is 4. The van der Waals surface area contributed by atoms with E-state index in [-0.39, 0.29) is 25.7 Å². The van der Waals surface area contributed by atoms with Crippen molar-refractivity contribution in [3.63, 3.8) is 0 Å². The Balaban J connectivity index is 2.62. The molecular weight excluding hydrogens is 230 g/mol. The lowest BCUT2D eigenvalue weighted by Gasteiger charge is -2.12. The molecular formula is C11H12ClNO3. The average Bonchev–Trinajstić information content (AvgIpc) is 2.30. The molecule has 0 bridgehead atoms. The molecule has 0 radical (unpaired) electrons. The van der Waals surface area contributed by atoms with E-state index in [0.717, 1.165) is 0 Å². The highest BCUT2D eigenvalue weighted by atomic mass is 35.5. The topological polar surface area (TPSA) is 73.5 Å². The molecule has 0 amide bonds. The van der Waals surface area contributed by atoms with Crippen molar-refractivity contribution in [2.24, 2.45) is 5.92 Å². The van der Waals surface area contributed by atoms with Gasteiger partial charge in [0, 0.05) is 12.0 Å². The minimum Gasteiger partial charge on any atom is -0.493 e. The van der Waals surface area contributed by atoms with Crippen molar-refractivity contribution in [3.05, 3.63) is 28.8 Å². The standard InChI is InChI=1S/C11H12ClNO3/c12-11-3-10(2-1-9(11)4-13)16-7-8(5-14)6-15/h1-3,8,14-15H,5-7H2. The number of hydrogen-bond donors (Lipinski definition) is 2. The molecule has 0 aliphatic heterocycles. The van der Waals surface area contributed by atoms with E-state index in [9.17, 15) is 0 Å². The molecule has 1 rings (SSSR count). The first-order valence-electron chi connectivity index (χ1n) is 4.75. The van der Waals surface area contributed by atoms with Gasteiger partial charge >= 0.3 is 0 Å². The minimum atomic E-state index is -0.311. The van der Waals surface area contributed by atoms with Gasteiger partial charge in [0.2, 0.25) is 0 Å². The van der Waals surface area contributed by atoms with E-state index in [1.165, 1.54) is 6.07 Å². The summed E-state index contributed by atoms with van der Waals surface area (Å²) >= 11 is 5.81. The summed E-state index contributed by atoms with van der Waals surface area (Å²) in [6.45, 7) is -0.0732. The molecule has 0 aliphatic rings. The SMILES string of the molecule is N#Cc1ccc(OCC(CO)CO)cc1Cl. The van der Waals surface area contributed by atoms with Gasteiger partial charge in [0.25, 0.3) is 0 Å². The van der Waals surface area contributed by atoms with Gasteiger partial charge in [0.1, 0.15) is 11.8 Å². The first-order chi connectivity index (χ1) is 7.71. The maximum absolute atomic E-state index is 8.83. The zero-order valence-corrected chi connectivity index (χ0v) is 9.31. The van der Waals surface area contributed by atoms with Crippen LogP contribution in [0.3, 0.4) is 0 Å². The lowest BCUT2D eigenvalue weighted by atomic mass is 10.2. The van der Waals surface area contributed by atoms with Crippen molar-refractivity contribution in [3.8, 4) is 11.8 Å². The van der Waals surface area contributed by atoms with E-state index in [1.54, 1.807) is 12.1 Å². The fraction of sp³-hybridized carbons (Fsp3) is 0.364. The summed E-state index contributed by atoms with van der Waals surface area (Å²) in [6.07, 6.45) is 0. The molecule has 0 fully saturated rings. The first kappa shape index (κ1) is 12.8. The lowest BCUT2D eigenvalue weighted by Crippen LogP contribution is -2.19. The predicted octanol–water partition coefficient (Wildman–Crippen LogP) is 1.19. The van der Waals surface area contributed by atoms with Gasteiger partial charge in [0.15, 0.2) is 0 Å². The second-order valence-corrected chi connectivity index (χ2v) is 3.70. The second kappa shape index (κ2) is 6.33. The van der Waals surface area contributed by atoms with E-state index in [2.05, 4.69) is 0 Å². The van der Waals surface area contributed by atoms with E-state index in [4.69, 9.17) is 31.8 Å². The number of aliphatic hydroxyl groups is 2. The van der Waals surface area contributed by atoms with Gasteiger partial charge in [-0.05, 0) is 12.1 Å². The normalized spacial score (nSPS) is 10.2. The van der Waals surface area contributed by atoms with Crippen molar-refractivity contribution in [1.82, 2.24) is 0 Å². The zero-order chi connectivity index (χ0) is 12.0. The van der Waals surface area contributed by atoms with Crippen LogP contribution in [-0.4, -0.2) is 30.0 Å². The Morgan fingerprint density at radius 3 is 2.56 bits per heavy atom. The summed E-state index contributed by atoms with van der Waals surface area (Å²) in [5, 5.41) is 26.6. The molecule has 0 aliphatic carbocycles. The highest BCUT2D eigenvalue weighted by Gasteiger charge is 2.07. The van der Waals surface area contributed by atoms with Gasteiger partial charge in [-0.25, -0.2) is 0 Å². The Morgan fingerprint density at radius 1 is 1.38 bits per heavy atom. The van der Waals surface area contributed by atoms with Crippen LogP contribution in [-0.2, 0) is 0 Å². The fourth-order valence-corrected chi connectivity index (χ4v) is 1.27. The minimum absolute atomic E-state index is 0.138. The molecule has 16 heavy (non-hydrogen) atoms. The maximum Gasteiger partial charge on any atom is 0.120 e. The van der Waals surface area contributed by atoms with Crippen LogP contribution in [0.2, 0.25) is 5.02 Å². The van der Waals surface area contributed by atoms with Crippen molar-refractivity contribution >= 4 is 11.6 Å². The Morgan fingerprint density at radius 2 is 2.06 bits per heavy atom. The van der Waals surface area contributed by atoms with E-state index < -0.39 is 0 Å². The molecule has 1 aromatic rings. The monoisotopic (exact) mass is 241 g/mol. The molecule has 0 atom stereocenters. The van der Waals surface area contributed by atoms with Gasteiger partial charge in [0.05, 0.1) is 30.4 Å². The molecule has 1 aromatic carbocycles. The summed E-state index contributed by atoms with van der Waals surface area (Å²) in [6, 6.07) is 6.66. The highest BCUT2D eigenvalue weighted by molar-refractivity contribution is 6.31. The molecule has 86 valence electrons. The summed E-state index contributed by atoms with van der Waals surface area (Å²) < 4.78 is 5.32. The Hall–Kier alpha value is -1.28. The van der Waals surface area contributed by atoms with E-state index >= 15 is 0 Å². The van der Waals surface area contributed by atoms with Crippen LogP contribution >= 0.6 is 11.6 Å².